The van der Waals surface area contributed by atoms with Crippen molar-refractivity contribution < 1.29 is 8.42 Å². The fraction of sp³-hybridized carbons (Fsp3) is 0.625. The first-order chi connectivity index (χ1) is 9.51. The Balaban J connectivity index is 1.61. The molecule has 0 heterocycles. The first-order valence-corrected chi connectivity index (χ1v) is 9.57. The van der Waals surface area contributed by atoms with Crippen molar-refractivity contribution in [3.63, 3.8) is 0 Å². The molecule has 2 aliphatic rings. The Hall–Kier alpha value is -1.03. The van der Waals surface area contributed by atoms with Gasteiger partial charge in [-0.3, -0.25) is 0 Å². The van der Waals surface area contributed by atoms with E-state index in [1.54, 1.807) is 0 Å². The number of hydrogen-bond acceptors (Lipinski definition) is 3. The summed E-state index contributed by atoms with van der Waals surface area (Å²) in [7, 11) is -2.98. The number of benzene rings is 1. The smallest absolute Gasteiger partial charge is 0.151 e. The number of nitrogens with one attached hydrogen (secondary N) is 1. The molecule has 2 aliphatic carbocycles. The molecular weight excluding hydrogens is 270 g/mol. The molecule has 3 unspecified atom stereocenters. The zero-order chi connectivity index (χ0) is 14.2. The van der Waals surface area contributed by atoms with Crippen molar-refractivity contribution in [2.45, 2.75) is 31.4 Å². The molecule has 0 aromatic heterocycles. The molecule has 0 aliphatic heterocycles. The second-order valence-corrected chi connectivity index (χ2v) is 8.68. The summed E-state index contributed by atoms with van der Waals surface area (Å²) in [4.78, 5) is 0. The van der Waals surface area contributed by atoms with E-state index in [2.05, 4.69) is 5.32 Å². The molecule has 110 valence electrons. The Bertz CT molecular complexity index is 582. The van der Waals surface area contributed by atoms with Gasteiger partial charge in [0.15, 0.2) is 9.84 Å². The third kappa shape index (κ3) is 3.54. The van der Waals surface area contributed by atoms with Gasteiger partial charge in [-0.2, -0.15) is 0 Å². The largest absolute Gasteiger partial charge is 0.385 e. The van der Waals surface area contributed by atoms with Crippen molar-refractivity contribution in [2.24, 2.45) is 17.8 Å². The molecule has 3 nitrogen and oxygen atoms in total. The lowest BCUT2D eigenvalue weighted by atomic mass is 9.89. The quantitative estimate of drug-likeness (QED) is 0.907. The highest BCUT2D eigenvalue weighted by atomic mass is 32.2. The van der Waals surface area contributed by atoms with Crippen molar-refractivity contribution in [3.8, 4) is 0 Å². The van der Waals surface area contributed by atoms with Gasteiger partial charge < -0.3 is 5.32 Å². The average Bonchev–Trinajstić information content (AvgIpc) is 3.14. The summed E-state index contributed by atoms with van der Waals surface area (Å²) >= 11 is 0. The number of sulfone groups is 1. The highest BCUT2D eigenvalue weighted by Gasteiger charge is 2.41. The second kappa shape index (κ2) is 5.40. The average molecular weight is 293 g/mol. The first kappa shape index (κ1) is 13.9. The Morgan fingerprint density at radius 2 is 1.95 bits per heavy atom. The minimum absolute atomic E-state index is 0.117. The highest BCUT2D eigenvalue weighted by molar-refractivity contribution is 7.89. The summed E-state index contributed by atoms with van der Waals surface area (Å²) in [6.07, 6.45) is 6.80. The summed E-state index contributed by atoms with van der Waals surface area (Å²) in [6, 6.07) is 7.76. The van der Waals surface area contributed by atoms with Gasteiger partial charge in [-0.05, 0) is 55.1 Å². The topological polar surface area (TPSA) is 46.2 Å². The van der Waals surface area contributed by atoms with Crippen LogP contribution in [0.15, 0.2) is 24.3 Å². The summed E-state index contributed by atoms with van der Waals surface area (Å²) in [5, 5.41) is 3.48. The van der Waals surface area contributed by atoms with Crippen molar-refractivity contribution in [2.75, 3.05) is 18.1 Å². The number of hydrogen-bond donors (Lipinski definition) is 1. The number of rotatable bonds is 5. The van der Waals surface area contributed by atoms with Gasteiger partial charge in [-0.25, -0.2) is 8.42 Å². The predicted octanol–water partition coefficient (Wildman–Crippen LogP) is 3.08. The molecule has 0 bridgehead atoms. The van der Waals surface area contributed by atoms with E-state index in [0.717, 1.165) is 35.5 Å². The summed E-state index contributed by atoms with van der Waals surface area (Å²) in [5.41, 5.74) is 1.87. The number of anilines is 1. The molecule has 2 fully saturated rings. The summed E-state index contributed by atoms with van der Waals surface area (Å²) in [6.45, 7) is 0.976. The normalized spacial score (nSPS) is 28.8. The van der Waals surface area contributed by atoms with Gasteiger partial charge in [-0.1, -0.05) is 18.2 Å². The van der Waals surface area contributed by atoms with Crippen LogP contribution in [0.25, 0.3) is 0 Å². The van der Waals surface area contributed by atoms with Crippen LogP contribution in [0.1, 0.15) is 31.2 Å². The van der Waals surface area contributed by atoms with E-state index >= 15 is 0 Å². The predicted molar refractivity (Wildman–Crippen MR) is 82.4 cm³/mol. The highest BCUT2D eigenvalue weighted by Crippen LogP contribution is 2.51. The van der Waals surface area contributed by atoms with Crippen LogP contribution in [0.5, 0.6) is 0 Å². The van der Waals surface area contributed by atoms with Crippen molar-refractivity contribution in [1.29, 1.82) is 0 Å². The second-order valence-electron chi connectivity index (χ2n) is 6.54. The van der Waals surface area contributed by atoms with Gasteiger partial charge in [0.05, 0.1) is 5.75 Å². The molecule has 1 N–H and O–H groups in total. The SMILES string of the molecule is CS(=O)(=O)Cc1ccccc1NCC1CCC2CC2C1. The van der Waals surface area contributed by atoms with Crippen molar-refractivity contribution in [1.82, 2.24) is 0 Å². The van der Waals surface area contributed by atoms with Crippen LogP contribution in [0.3, 0.4) is 0 Å². The third-order valence-electron chi connectivity index (χ3n) is 4.67. The van der Waals surface area contributed by atoms with E-state index in [-0.39, 0.29) is 5.75 Å². The molecule has 0 radical (unpaired) electrons. The fourth-order valence-electron chi connectivity index (χ4n) is 3.49. The molecule has 0 spiro atoms. The zero-order valence-electron chi connectivity index (χ0n) is 12.0. The van der Waals surface area contributed by atoms with Gasteiger partial charge in [0.1, 0.15) is 0 Å². The van der Waals surface area contributed by atoms with Crippen LogP contribution in [0, 0.1) is 17.8 Å². The van der Waals surface area contributed by atoms with E-state index in [9.17, 15) is 8.42 Å². The molecule has 2 saturated carbocycles. The number of fused-ring (bicyclic) bond motifs is 1. The molecule has 1 aromatic rings. The van der Waals surface area contributed by atoms with Crippen LogP contribution in [-0.4, -0.2) is 21.2 Å². The lowest BCUT2D eigenvalue weighted by Crippen LogP contribution is -2.19. The van der Waals surface area contributed by atoms with Gasteiger partial charge in [0.2, 0.25) is 0 Å². The Labute approximate surface area is 121 Å². The molecule has 3 atom stereocenters. The van der Waals surface area contributed by atoms with E-state index < -0.39 is 9.84 Å². The fourth-order valence-corrected chi connectivity index (χ4v) is 4.31. The Morgan fingerprint density at radius 1 is 1.15 bits per heavy atom. The first-order valence-electron chi connectivity index (χ1n) is 7.51. The molecule has 4 heteroatoms. The molecule has 0 amide bonds. The van der Waals surface area contributed by atoms with E-state index in [0.29, 0.717) is 0 Å². The standard InChI is InChI=1S/C16H23NO2S/c1-20(18,19)11-14-4-2-3-5-16(14)17-10-12-6-7-13-9-15(13)8-12/h2-5,12-13,15,17H,6-11H2,1H3. The van der Waals surface area contributed by atoms with Gasteiger partial charge >= 0.3 is 0 Å². The van der Waals surface area contributed by atoms with Gasteiger partial charge in [0, 0.05) is 18.5 Å². The molecular formula is C16H23NO2S. The van der Waals surface area contributed by atoms with Gasteiger partial charge in [0.25, 0.3) is 0 Å². The van der Waals surface area contributed by atoms with E-state index in [1.807, 2.05) is 24.3 Å². The van der Waals surface area contributed by atoms with Crippen LogP contribution in [0.2, 0.25) is 0 Å². The lowest BCUT2D eigenvalue weighted by molar-refractivity contribution is 0.357. The van der Waals surface area contributed by atoms with Crippen LogP contribution in [0.4, 0.5) is 5.69 Å². The van der Waals surface area contributed by atoms with Crippen LogP contribution in [-0.2, 0) is 15.6 Å². The zero-order valence-corrected chi connectivity index (χ0v) is 12.8. The maximum atomic E-state index is 11.5. The summed E-state index contributed by atoms with van der Waals surface area (Å²) < 4.78 is 23.0. The maximum absolute atomic E-state index is 11.5. The monoisotopic (exact) mass is 293 g/mol. The number of para-hydroxylation sites is 1. The molecule has 20 heavy (non-hydrogen) atoms. The van der Waals surface area contributed by atoms with Crippen molar-refractivity contribution in [3.05, 3.63) is 29.8 Å². The van der Waals surface area contributed by atoms with E-state index in [4.69, 9.17) is 0 Å². The lowest BCUT2D eigenvalue weighted by Gasteiger charge is -2.22. The third-order valence-corrected chi connectivity index (χ3v) is 5.50. The van der Waals surface area contributed by atoms with Gasteiger partial charge in [-0.15, -0.1) is 0 Å². The molecule has 3 rings (SSSR count). The molecule has 0 saturated heterocycles. The maximum Gasteiger partial charge on any atom is 0.151 e. The Morgan fingerprint density at radius 3 is 2.70 bits per heavy atom. The van der Waals surface area contributed by atoms with Crippen LogP contribution < -0.4 is 5.32 Å². The van der Waals surface area contributed by atoms with Crippen molar-refractivity contribution >= 4 is 15.5 Å². The Kier molecular flexibility index (Phi) is 3.76. The van der Waals surface area contributed by atoms with E-state index in [1.165, 1.54) is 31.9 Å². The minimum Gasteiger partial charge on any atom is -0.385 e. The van der Waals surface area contributed by atoms with Crippen LogP contribution >= 0.6 is 0 Å². The molecule has 1 aromatic carbocycles. The summed E-state index contributed by atoms with van der Waals surface area (Å²) in [5.74, 6) is 2.89. The minimum atomic E-state index is -2.98.